The highest BCUT2D eigenvalue weighted by Gasteiger charge is 2.24. The summed E-state index contributed by atoms with van der Waals surface area (Å²) >= 11 is 0. The van der Waals surface area contributed by atoms with E-state index >= 15 is 0 Å². The molecule has 0 spiro atoms. The number of morpholine rings is 1. The zero-order valence-electron chi connectivity index (χ0n) is 14.6. The van der Waals surface area contributed by atoms with Crippen LogP contribution in [0.5, 0.6) is 0 Å². The Bertz CT molecular complexity index is 1060. The number of benzene rings is 1. The third kappa shape index (κ3) is 2.95. The van der Waals surface area contributed by atoms with Crippen molar-refractivity contribution in [1.29, 1.82) is 0 Å². The molecule has 0 bridgehead atoms. The van der Waals surface area contributed by atoms with E-state index < -0.39 is 9.84 Å². The Kier molecular flexibility index (Phi) is 4.16. The van der Waals surface area contributed by atoms with Crippen LogP contribution in [-0.2, 0) is 14.6 Å². The molecular weight excluding hydrogens is 352 g/mol. The Labute approximate surface area is 152 Å². The highest BCUT2D eigenvalue weighted by molar-refractivity contribution is 7.90. The molecular formula is C18H20N4O3S. The Hall–Kier alpha value is -2.45. The average Bonchev–Trinajstić information content (AvgIpc) is 3.09. The van der Waals surface area contributed by atoms with E-state index in [1.54, 1.807) is 18.5 Å². The zero-order chi connectivity index (χ0) is 18.3. The highest BCUT2D eigenvalue weighted by atomic mass is 32.2. The summed E-state index contributed by atoms with van der Waals surface area (Å²) in [5.41, 5.74) is 2.69. The number of imidazole rings is 1. The van der Waals surface area contributed by atoms with Gasteiger partial charge in [-0.2, -0.15) is 0 Å². The van der Waals surface area contributed by atoms with Gasteiger partial charge < -0.3 is 14.6 Å². The minimum Gasteiger partial charge on any atom is -0.377 e. The van der Waals surface area contributed by atoms with E-state index in [-0.39, 0.29) is 10.9 Å². The first kappa shape index (κ1) is 17.0. The van der Waals surface area contributed by atoms with Crippen LogP contribution >= 0.6 is 0 Å². The predicted octanol–water partition coefficient (Wildman–Crippen LogP) is 2.25. The van der Waals surface area contributed by atoms with Crippen molar-refractivity contribution >= 4 is 26.8 Å². The van der Waals surface area contributed by atoms with Crippen LogP contribution in [0.15, 0.2) is 41.6 Å². The molecule has 0 saturated carbocycles. The summed E-state index contributed by atoms with van der Waals surface area (Å²) in [6.07, 6.45) is 2.80. The second kappa shape index (κ2) is 6.37. The molecule has 1 aliphatic rings. The van der Waals surface area contributed by atoms with Crippen LogP contribution in [0.25, 0.3) is 22.3 Å². The van der Waals surface area contributed by atoms with Gasteiger partial charge in [0.2, 0.25) is 0 Å². The van der Waals surface area contributed by atoms with E-state index in [2.05, 4.69) is 21.8 Å². The number of sulfone groups is 1. The Morgan fingerprint density at radius 2 is 2.08 bits per heavy atom. The fourth-order valence-corrected chi connectivity index (χ4v) is 4.25. The van der Waals surface area contributed by atoms with Gasteiger partial charge in [-0.05, 0) is 19.1 Å². The first-order chi connectivity index (χ1) is 12.4. The largest absolute Gasteiger partial charge is 0.377 e. The summed E-state index contributed by atoms with van der Waals surface area (Å²) in [6.45, 7) is 4.10. The number of hydrogen-bond acceptors (Lipinski definition) is 6. The van der Waals surface area contributed by atoms with Gasteiger partial charge in [0.05, 0.1) is 30.5 Å². The lowest BCUT2D eigenvalue weighted by molar-refractivity contribution is 0.0986. The maximum Gasteiger partial charge on any atom is 0.176 e. The molecule has 1 fully saturated rings. The molecule has 1 aliphatic heterocycles. The van der Waals surface area contributed by atoms with E-state index in [9.17, 15) is 8.42 Å². The van der Waals surface area contributed by atoms with Gasteiger partial charge in [-0.25, -0.2) is 18.4 Å². The molecule has 2 aromatic heterocycles. The molecule has 26 heavy (non-hydrogen) atoms. The van der Waals surface area contributed by atoms with Crippen LogP contribution in [0.1, 0.15) is 6.92 Å². The molecule has 1 aromatic carbocycles. The minimum atomic E-state index is -3.37. The van der Waals surface area contributed by atoms with E-state index in [1.807, 2.05) is 18.2 Å². The fraction of sp³-hybridized carbons (Fsp3) is 0.333. The molecule has 1 atom stereocenters. The van der Waals surface area contributed by atoms with Crippen molar-refractivity contribution < 1.29 is 13.2 Å². The van der Waals surface area contributed by atoms with Crippen LogP contribution in [0.2, 0.25) is 0 Å². The minimum absolute atomic E-state index is 0.189. The van der Waals surface area contributed by atoms with Gasteiger partial charge in [0.25, 0.3) is 0 Å². The maximum absolute atomic E-state index is 12.3. The van der Waals surface area contributed by atoms with Crippen molar-refractivity contribution in [2.24, 2.45) is 0 Å². The lowest BCUT2D eigenvalue weighted by Crippen LogP contribution is -2.44. The topological polar surface area (TPSA) is 88.2 Å². The second-order valence-corrected chi connectivity index (χ2v) is 8.50. The van der Waals surface area contributed by atoms with E-state index in [1.165, 1.54) is 6.26 Å². The molecule has 8 heteroatoms. The number of H-pyrrole nitrogens is 1. The summed E-state index contributed by atoms with van der Waals surface area (Å²) in [5, 5.41) is 0. The molecule has 0 unspecified atom stereocenters. The first-order valence-corrected chi connectivity index (χ1v) is 10.3. The number of aromatic amines is 1. The summed E-state index contributed by atoms with van der Waals surface area (Å²) in [7, 11) is -3.37. The van der Waals surface area contributed by atoms with Crippen LogP contribution < -0.4 is 4.90 Å². The van der Waals surface area contributed by atoms with Gasteiger partial charge in [-0.3, -0.25) is 0 Å². The Balaban J connectivity index is 1.95. The number of ether oxygens (including phenoxy) is 1. The molecule has 0 amide bonds. The Morgan fingerprint density at radius 1 is 1.27 bits per heavy atom. The standard InChI is InChI=1S/C18H20N4O3S/c1-12-10-25-8-7-22(12)16-9-14(17-18(21-16)20-11-19-17)13-5-3-4-6-15(13)26(2,23)24/h3-6,9,11-12H,7-8,10H2,1-2H3,(H,19,20,21)/t12-/m1/s1. The summed E-state index contributed by atoms with van der Waals surface area (Å²) < 4.78 is 30.1. The van der Waals surface area contributed by atoms with Crippen LogP contribution in [0.4, 0.5) is 5.82 Å². The molecule has 1 N–H and O–H groups in total. The molecule has 3 heterocycles. The number of hydrogen-bond donors (Lipinski definition) is 1. The molecule has 0 aliphatic carbocycles. The van der Waals surface area contributed by atoms with Gasteiger partial charge in [-0.15, -0.1) is 0 Å². The van der Waals surface area contributed by atoms with Gasteiger partial charge in [0.1, 0.15) is 11.3 Å². The van der Waals surface area contributed by atoms with Gasteiger partial charge in [0, 0.05) is 23.9 Å². The van der Waals surface area contributed by atoms with E-state index in [4.69, 9.17) is 9.72 Å². The van der Waals surface area contributed by atoms with E-state index in [0.717, 1.165) is 17.9 Å². The average molecular weight is 372 g/mol. The van der Waals surface area contributed by atoms with Crippen molar-refractivity contribution in [2.45, 2.75) is 17.9 Å². The molecule has 3 aromatic rings. The fourth-order valence-electron chi connectivity index (χ4n) is 3.35. The monoisotopic (exact) mass is 372 g/mol. The van der Waals surface area contributed by atoms with E-state index in [0.29, 0.717) is 29.9 Å². The summed E-state index contributed by atoms with van der Waals surface area (Å²) in [6, 6.07) is 9.12. The maximum atomic E-state index is 12.3. The number of aromatic nitrogens is 3. The third-order valence-electron chi connectivity index (χ3n) is 4.61. The quantitative estimate of drug-likeness (QED) is 0.759. The SMILES string of the molecule is C[C@@H]1COCCN1c1cc(-c2ccccc2S(C)(=O)=O)c2nc[nH]c2n1. The van der Waals surface area contributed by atoms with Crippen LogP contribution in [0.3, 0.4) is 0 Å². The van der Waals surface area contributed by atoms with Crippen molar-refractivity contribution in [3.63, 3.8) is 0 Å². The number of fused-ring (bicyclic) bond motifs is 1. The van der Waals surface area contributed by atoms with Gasteiger partial charge in [0.15, 0.2) is 15.5 Å². The third-order valence-corrected chi connectivity index (χ3v) is 5.77. The smallest absolute Gasteiger partial charge is 0.176 e. The molecule has 136 valence electrons. The van der Waals surface area contributed by atoms with Gasteiger partial charge >= 0.3 is 0 Å². The molecule has 0 radical (unpaired) electrons. The molecule has 1 saturated heterocycles. The van der Waals surface area contributed by atoms with Crippen molar-refractivity contribution in [2.75, 3.05) is 30.9 Å². The van der Waals surface area contributed by atoms with Crippen LogP contribution in [-0.4, -0.2) is 55.4 Å². The summed E-state index contributed by atoms with van der Waals surface area (Å²) in [5.74, 6) is 0.788. The Morgan fingerprint density at radius 3 is 2.85 bits per heavy atom. The lowest BCUT2D eigenvalue weighted by atomic mass is 10.1. The lowest BCUT2D eigenvalue weighted by Gasteiger charge is -2.34. The van der Waals surface area contributed by atoms with Crippen molar-refractivity contribution in [3.05, 3.63) is 36.7 Å². The summed E-state index contributed by atoms with van der Waals surface area (Å²) in [4.78, 5) is 14.6. The number of anilines is 1. The zero-order valence-corrected chi connectivity index (χ0v) is 15.5. The van der Waals surface area contributed by atoms with Crippen molar-refractivity contribution in [1.82, 2.24) is 15.0 Å². The highest BCUT2D eigenvalue weighted by Crippen LogP contribution is 2.34. The van der Waals surface area contributed by atoms with Crippen molar-refractivity contribution in [3.8, 4) is 11.1 Å². The number of pyridine rings is 1. The number of nitrogens with zero attached hydrogens (tertiary/aromatic N) is 3. The molecule has 7 nitrogen and oxygen atoms in total. The second-order valence-electron chi connectivity index (χ2n) is 6.51. The van der Waals surface area contributed by atoms with Gasteiger partial charge in [-0.1, -0.05) is 18.2 Å². The normalized spacial score (nSPS) is 18.4. The first-order valence-electron chi connectivity index (χ1n) is 8.43. The number of nitrogens with one attached hydrogen (secondary N) is 1. The number of rotatable bonds is 3. The van der Waals surface area contributed by atoms with Crippen LogP contribution in [0, 0.1) is 0 Å². The predicted molar refractivity (Wildman–Crippen MR) is 100 cm³/mol. The molecule has 4 rings (SSSR count).